The zero-order valence-corrected chi connectivity index (χ0v) is 19.1. The molecule has 2 rings (SSSR count). The fourth-order valence-corrected chi connectivity index (χ4v) is 3.12. The van der Waals surface area contributed by atoms with Crippen LogP contribution in [-0.4, -0.2) is 51.0 Å². The zero-order chi connectivity index (χ0) is 22.0. The molecule has 1 saturated carbocycles. The number of amides is 1. The molecule has 0 radical (unpaired) electrons. The van der Waals surface area contributed by atoms with Crippen molar-refractivity contribution in [3.05, 3.63) is 29.8 Å². The Bertz CT molecular complexity index is 691. The van der Waals surface area contributed by atoms with Crippen molar-refractivity contribution >= 4 is 17.7 Å². The van der Waals surface area contributed by atoms with Crippen molar-refractivity contribution in [3.8, 4) is 0 Å². The van der Waals surface area contributed by atoms with Crippen LogP contribution >= 0.6 is 0 Å². The molecule has 0 spiro atoms. The van der Waals surface area contributed by atoms with E-state index < -0.39 is 11.7 Å². The highest BCUT2D eigenvalue weighted by Crippen LogP contribution is 2.48. The van der Waals surface area contributed by atoms with Crippen molar-refractivity contribution in [3.63, 3.8) is 0 Å². The summed E-state index contributed by atoms with van der Waals surface area (Å²) >= 11 is 0. The van der Waals surface area contributed by atoms with Gasteiger partial charge in [-0.2, -0.15) is 0 Å². The lowest BCUT2D eigenvalue weighted by Gasteiger charge is -2.19. The predicted octanol–water partition coefficient (Wildman–Crippen LogP) is 3.95. The molecular weight excluding hydrogens is 380 g/mol. The number of benzene rings is 1. The van der Waals surface area contributed by atoms with Gasteiger partial charge in [0.05, 0.1) is 0 Å². The van der Waals surface area contributed by atoms with Gasteiger partial charge in [0.2, 0.25) is 0 Å². The Morgan fingerprint density at radius 1 is 1.17 bits per heavy atom. The average molecular weight is 419 g/mol. The summed E-state index contributed by atoms with van der Waals surface area (Å²) in [5, 5.41) is 9.58. The van der Waals surface area contributed by atoms with E-state index >= 15 is 0 Å². The maximum Gasteiger partial charge on any atom is 0.412 e. The third-order valence-electron chi connectivity index (χ3n) is 5.10. The minimum atomic E-state index is -0.509. The quantitative estimate of drug-likeness (QED) is 0.304. The molecule has 1 aliphatic carbocycles. The Balaban J connectivity index is 1.69. The Morgan fingerprint density at radius 3 is 2.43 bits per heavy atom. The van der Waals surface area contributed by atoms with E-state index in [1.807, 2.05) is 52.0 Å². The first-order valence-electron chi connectivity index (χ1n) is 10.9. The summed E-state index contributed by atoms with van der Waals surface area (Å²) in [6.07, 6.45) is 4.04. The van der Waals surface area contributed by atoms with Gasteiger partial charge in [-0.05, 0) is 76.5 Å². The second-order valence-corrected chi connectivity index (χ2v) is 8.87. The minimum absolute atomic E-state index is 0.379. The molecule has 30 heavy (non-hydrogen) atoms. The topological polar surface area (TPSA) is 84.0 Å². The smallest absolute Gasteiger partial charge is 0.412 e. The van der Waals surface area contributed by atoms with Crippen LogP contribution in [0.15, 0.2) is 29.3 Å². The molecule has 1 aliphatic rings. The molecule has 0 unspecified atom stereocenters. The third kappa shape index (κ3) is 9.03. The summed E-state index contributed by atoms with van der Waals surface area (Å²) in [6.45, 7) is 10.9. The number of aliphatic imine (C=N–C) groups is 1. The molecule has 0 aromatic heterocycles. The molecule has 0 heterocycles. The second kappa shape index (κ2) is 11.2. The van der Waals surface area contributed by atoms with E-state index in [0.717, 1.165) is 50.8 Å². The van der Waals surface area contributed by atoms with Crippen molar-refractivity contribution in [2.24, 2.45) is 10.4 Å². The van der Waals surface area contributed by atoms with Crippen LogP contribution in [0.3, 0.4) is 0 Å². The zero-order valence-electron chi connectivity index (χ0n) is 19.1. The first-order valence-corrected chi connectivity index (χ1v) is 10.9. The molecule has 0 aliphatic heterocycles. The Labute approximate surface area is 181 Å². The molecule has 0 saturated heterocycles. The SMILES string of the molecule is CCOCCC1(CNC(=NC)NCCc2ccc(NC(=O)OC(C)(C)C)cc2)CC1. The number of carbonyl (C=O) groups is 1. The summed E-state index contributed by atoms with van der Waals surface area (Å²) in [6, 6.07) is 7.80. The molecule has 1 aromatic rings. The standard InChI is InChI=1S/C23H38N4O3/c1-6-29-16-14-23(12-13-23)17-26-20(24-5)25-15-11-18-7-9-19(10-8-18)27-21(28)30-22(2,3)4/h7-10H,6,11-17H2,1-5H3,(H,27,28)(H2,24,25,26). The maximum absolute atomic E-state index is 11.8. The van der Waals surface area contributed by atoms with Crippen LogP contribution in [0.2, 0.25) is 0 Å². The van der Waals surface area contributed by atoms with E-state index in [0.29, 0.717) is 5.41 Å². The molecule has 1 aromatic carbocycles. The van der Waals surface area contributed by atoms with Gasteiger partial charge < -0.3 is 20.1 Å². The summed E-state index contributed by atoms with van der Waals surface area (Å²) in [4.78, 5) is 16.2. The molecule has 1 fully saturated rings. The lowest BCUT2D eigenvalue weighted by Crippen LogP contribution is -2.41. The van der Waals surface area contributed by atoms with Crippen LogP contribution in [0.1, 0.15) is 52.5 Å². The fourth-order valence-electron chi connectivity index (χ4n) is 3.12. The first-order chi connectivity index (χ1) is 14.3. The van der Waals surface area contributed by atoms with Gasteiger partial charge in [0.25, 0.3) is 0 Å². The number of nitrogens with one attached hydrogen (secondary N) is 3. The molecule has 1 amide bonds. The number of nitrogens with zero attached hydrogens (tertiary/aromatic N) is 1. The number of ether oxygens (including phenoxy) is 2. The predicted molar refractivity (Wildman–Crippen MR) is 122 cm³/mol. The van der Waals surface area contributed by atoms with Crippen LogP contribution < -0.4 is 16.0 Å². The highest BCUT2D eigenvalue weighted by Gasteiger charge is 2.41. The van der Waals surface area contributed by atoms with Crippen molar-refractivity contribution in [2.45, 2.75) is 59.0 Å². The Hall–Kier alpha value is -2.28. The summed E-state index contributed by atoms with van der Waals surface area (Å²) in [5.74, 6) is 0.834. The van der Waals surface area contributed by atoms with Crippen LogP contribution in [0, 0.1) is 5.41 Å². The van der Waals surface area contributed by atoms with Crippen molar-refractivity contribution in [1.29, 1.82) is 0 Å². The molecule has 3 N–H and O–H groups in total. The van der Waals surface area contributed by atoms with Gasteiger partial charge in [0.1, 0.15) is 5.60 Å². The number of hydrogen-bond donors (Lipinski definition) is 3. The van der Waals surface area contributed by atoms with E-state index in [4.69, 9.17) is 9.47 Å². The largest absolute Gasteiger partial charge is 0.444 e. The minimum Gasteiger partial charge on any atom is -0.444 e. The van der Waals surface area contributed by atoms with Gasteiger partial charge in [-0.3, -0.25) is 10.3 Å². The monoisotopic (exact) mass is 418 g/mol. The van der Waals surface area contributed by atoms with Gasteiger partial charge in [-0.25, -0.2) is 4.79 Å². The van der Waals surface area contributed by atoms with Gasteiger partial charge in [0.15, 0.2) is 5.96 Å². The molecule has 0 bridgehead atoms. The van der Waals surface area contributed by atoms with Gasteiger partial charge in [-0.1, -0.05) is 12.1 Å². The maximum atomic E-state index is 11.8. The van der Waals surface area contributed by atoms with Gasteiger partial charge >= 0.3 is 6.09 Å². The Morgan fingerprint density at radius 2 is 1.87 bits per heavy atom. The molecular formula is C23H38N4O3. The highest BCUT2D eigenvalue weighted by molar-refractivity contribution is 5.84. The number of rotatable bonds is 10. The van der Waals surface area contributed by atoms with Crippen molar-refractivity contribution < 1.29 is 14.3 Å². The van der Waals surface area contributed by atoms with Gasteiger partial charge in [0, 0.05) is 39.0 Å². The summed E-state index contributed by atoms with van der Waals surface area (Å²) in [5.41, 5.74) is 1.78. The Kier molecular flexibility index (Phi) is 8.96. The summed E-state index contributed by atoms with van der Waals surface area (Å²) in [7, 11) is 1.80. The fraction of sp³-hybridized carbons (Fsp3) is 0.652. The average Bonchev–Trinajstić information content (AvgIpc) is 3.44. The van der Waals surface area contributed by atoms with E-state index in [1.165, 1.54) is 18.4 Å². The lowest BCUT2D eigenvalue weighted by molar-refractivity contribution is 0.0636. The van der Waals surface area contributed by atoms with Crippen molar-refractivity contribution in [2.75, 3.05) is 38.7 Å². The number of guanidine groups is 1. The van der Waals surface area contributed by atoms with Crippen LogP contribution in [-0.2, 0) is 15.9 Å². The highest BCUT2D eigenvalue weighted by atomic mass is 16.6. The molecule has 0 atom stereocenters. The second-order valence-electron chi connectivity index (χ2n) is 8.87. The summed E-state index contributed by atoms with van der Waals surface area (Å²) < 4.78 is 10.8. The van der Waals surface area contributed by atoms with Gasteiger partial charge in [-0.15, -0.1) is 0 Å². The van der Waals surface area contributed by atoms with E-state index in [1.54, 1.807) is 7.05 Å². The molecule has 168 valence electrons. The van der Waals surface area contributed by atoms with E-state index in [-0.39, 0.29) is 0 Å². The van der Waals surface area contributed by atoms with Crippen LogP contribution in [0.25, 0.3) is 0 Å². The number of hydrogen-bond acceptors (Lipinski definition) is 4. The first kappa shape index (κ1) is 24.0. The van der Waals surface area contributed by atoms with Crippen LogP contribution in [0.4, 0.5) is 10.5 Å². The number of anilines is 1. The third-order valence-corrected chi connectivity index (χ3v) is 5.10. The van der Waals surface area contributed by atoms with E-state index in [9.17, 15) is 4.79 Å². The number of carbonyl (C=O) groups excluding carboxylic acids is 1. The van der Waals surface area contributed by atoms with E-state index in [2.05, 4.69) is 20.9 Å². The lowest BCUT2D eigenvalue weighted by atomic mass is 10.0. The van der Waals surface area contributed by atoms with Crippen LogP contribution in [0.5, 0.6) is 0 Å². The van der Waals surface area contributed by atoms with Crippen molar-refractivity contribution in [1.82, 2.24) is 10.6 Å². The molecule has 7 nitrogen and oxygen atoms in total. The normalized spacial score (nSPS) is 15.4. The molecule has 7 heteroatoms.